The minimum Gasteiger partial charge on any atom is -0.493 e. The monoisotopic (exact) mass is 253 g/mol. The van der Waals surface area contributed by atoms with E-state index >= 15 is 0 Å². The average molecular weight is 253 g/mol. The summed E-state index contributed by atoms with van der Waals surface area (Å²) >= 11 is 1.99. The number of nitrogens with one attached hydrogen (secondary N) is 1. The van der Waals surface area contributed by atoms with Gasteiger partial charge in [0.15, 0.2) is 11.5 Å². The van der Waals surface area contributed by atoms with E-state index < -0.39 is 0 Å². The van der Waals surface area contributed by atoms with Crippen LogP contribution >= 0.6 is 11.8 Å². The van der Waals surface area contributed by atoms with E-state index in [1.54, 1.807) is 14.2 Å². The van der Waals surface area contributed by atoms with Gasteiger partial charge in [0.25, 0.3) is 0 Å². The van der Waals surface area contributed by atoms with E-state index in [0.717, 1.165) is 17.3 Å². The first-order valence-electron chi connectivity index (χ1n) is 5.80. The topological polar surface area (TPSA) is 30.5 Å². The van der Waals surface area contributed by atoms with Crippen LogP contribution in [0, 0.1) is 0 Å². The van der Waals surface area contributed by atoms with Crippen LogP contribution in [0.2, 0.25) is 0 Å². The SMILES string of the molecule is COc1ccc(C2CSCC(C)N2)cc1OC. The van der Waals surface area contributed by atoms with Gasteiger partial charge in [-0.1, -0.05) is 6.07 Å². The highest BCUT2D eigenvalue weighted by Crippen LogP contribution is 2.32. The van der Waals surface area contributed by atoms with Gasteiger partial charge in [-0.2, -0.15) is 11.8 Å². The molecule has 1 fully saturated rings. The number of hydrogen-bond donors (Lipinski definition) is 1. The van der Waals surface area contributed by atoms with Crippen molar-refractivity contribution in [2.75, 3.05) is 25.7 Å². The molecule has 0 bridgehead atoms. The molecule has 0 spiro atoms. The Morgan fingerprint density at radius 2 is 1.94 bits per heavy atom. The van der Waals surface area contributed by atoms with Gasteiger partial charge in [-0.15, -0.1) is 0 Å². The van der Waals surface area contributed by atoms with Crippen molar-refractivity contribution in [3.63, 3.8) is 0 Å². The molecule has 0 saturated carbocycles. The van der Waals surface area contributed by atoms with Crippen LogP contribution in [0.25, 0.3) is 0 Å². The predicted octanol–water partition coefficient (Wildman–Crippen LogP) is 2.47. The molecule has 4 heteroatoms. The van der Waals surface area contributed by atoms with E-state index in [-0.39, 0.29) is 0 Å². The Balaban J connectivity index is 2.20. The van der Waals surface area contributed by atoms with Crippen molar-refractivity contribution in [1.82, 2.24) is 5.32 Å². The normalized spacial score (nSPS) is 24.4. The highest BCUT2D eigenvalue weighted by atomic mass is 32.2. The highest BCUT2D eigenvalue weighted by molar-refractivity contribution is 7.99. The molecular weight excluding hydrogens is 234 g/mol. The molecule has 94 valence electrons. The molecule has 3 nitrogen and oxygen atoms in total. The molecule has 1 saturated heterocycles. The van der Waals surface area contributed by atoms with Gasteiger partial charge in [-0.05, 0) is 24.6 Å². The fraction of sp³-hybridized carbons (Fsp3) is 0.538. The molecule has 1 heterocycles. The largest absolute Gasteiger partial charge is 0.493 e. The van der Waals surface area contributed by atoms with Gasteiger partial charge in [-0.3, -0.25) is 0 Å². The quantitative estimate of drug-likeness (QED) is 0.896. The maximum atomic E-state index is 5.33. The summed E-state index contributed by atoms with van der Waals surface area (Å²) in [6.07, 6.45) is 0. The zero-order chi connectivity index (χ0) is 12.3. The van der Waals surface area contributed by atoms with E-state index in [4.69, 9.17) is 9.47 Å². The lowest BCUT2D eigenvalue weighted by atomic mass is 10.1. The summed E-state index contributed by atoms with van der Waals surface area (Å²) in [5.74, 6) is 3.88. The van der Waals surface area contributed by atoms with Gasteiger partial charge in [-0.25, -0.2) is 0 Å². The van der Waals surface area contributed by atoms with E-state index in [2.05, 4.69) is 24.4 Å². The Hall–Kier alpha value is -0.870. The molecular formula is C13H19NO2S. The molecule has 2 atom stereocenters. The zero-order valence-corrected chi connectivity index (χ0v) is 11.3. The van der Waals surface area contributed by atoms with Gasteiger partial charge in [0, 0.05) is 23.6 Å². The Kier molecular flexibility index (Phi) is 4.18. The number of methoxy groups -OCH3 is 2. The summed E-state index contributed by atoms with van der Waals surface area (Å²) in [4.78, 5) is 0. The van der Waals surface area contributed by atoms with Gasteiger partial charge < -0.3 is 14.8 Å². The van der Waals surface area contributed by atoms with Crippen LogP contribution in [0.5, 0.6) is 11.5 Å². The van der Waals surface area contributed by atoms with Crippen molar-refractivity contribution >= 4 is 11.8 Å². The zero-order valence-electron chi connectivity index (χ0n) is 10.5. The fourth-order valence-electron chi connectivity index (χ4n) is 2.06. The van der Waals surface area contributed by atoms with Crippen LogP contribution in [0.3, 0.4) is 0 Å². The molecule has 0 radical (unpaired) electrons. The number of rotatable bonds is 3. The predicted molar refractivity (Wildman–Crippen MR) is 72.2 cm³/mol. The molecule has 2 unspecified atom stereocenters. The van der Waals surface area contributed by atoms with Crippen molar-refractivity contribution < 1.29 is 9.47 Å². The Morgan fingerprint density at radius 1 is 1.18 bits per heavy atom. The molecule has 1 N–H and O–H groups in total. The van der Waals surface area contributed by atoms with Crippen molar-refractivity contribution in [1.29, 1.82) is 0 Å². The Labute approximate surface area is 107 Å². The first kappa shape index (κ1) is 12.6. The lowest BCUT2D eigenvalue weighted by Crippen LogP contribution is -2.37. The Morgan fingerprint density at radius 3 is 2.59 bits per heavy atom. The summed E-state index contributed by atoms with van der Waals surface area (Å²) in [6.45, 7) is 2.22. The summed E-state index contributed by atoms with van der Waals surface area (Å²) in [5.41, 5.74) is 1.27. The number of benzene rings is 1. The summed E-state index contributed by atoms with van der Waals surface area (Å²) < 4.78 is 10.6. The fourth-order valence-corrected chi connectivity index (χ4v) is 3.17. The van der Waals surface area contributed by atoms with Crippen molar-refractivity contribution in [3.05, 3.63) is 23.8 Å². The van der Waals surface area contributed by atoms with E-state index in [0.29, 0.717) is 12.1 Å². The number of hydrogen-bond acceptors (Lipinski definition) is 4. The molecule has 1 aromatic rings. The third-order valence-electron chi connectivity index (χ3n) is 2.95. The first-order valence-corrected chi connectivity index (χ1v) is 6.95. The van der Waals surface area contributed by atoms with Gasteiger partial charge >= 0.3 is 0 Å². The minimum absolute atomic E-state index is 0.406. The minimum atomic E-state index is 0.406. The summed E-state index contributed by atoms with van der Waals surface area (Å²) in [6, 6.07) is 7.11. The van der Waals surface area contributed by atoms with Gasteiger partial charge in [0.1, 0.15) is 0 Å². The van der Waals surface area contributed by atoms with Crippen LogP contribution in [-0.4, -0.2) is 31.8 Å². The Bertz CT molecular complexity index is 384. The highest BCUT2D eigenvalue weighted by Gasteiger charge is 2.20. The molecule has 1 aliphatic rings. The second kappa shape index (κ2) is 5.65. The van der Waals surface area contributed by atoms with Crippen LogP contribution in [0.15, 0.2) is 18.2 Å². The third kappa shape index (κ3) is 2.87. The summed E-state index contributed by atoms with van der Waals surface area (Å²) in [7, 11) is 3.33. The first-order chi connectivity index (χ1) is 8.24. The van der Waals surface area contributed by atoms with E-state index in [9.17, 15) is 0 Å². The molecule has 0 aromatic heterocycles. The smallest absolute Gasteiger partial charge is 0.161 e. The van der Waals surface area contributed by atoms with Crippen LogP contribution in [0.1, 0.15) is 18.5 Å². The van der Waals surface area contributed by atoms with Gasteiger partial charge in [0.05, 0.1) is 14.2 Å². The second-order valence-electron chi connectivity index (χ2n) is 4.27. The molecule has 17 heavy (non-hydrogen) atoms. The van der Waals surface area contributed by atoms with Crippen molar-refractivity contribution in [3.8, 4) is 11.5 Å². The molecule has 1 aromatic carbocycles. The van der Waals surface area contributed by atoms with Crippen LogP contribution < -0.4 is 14.8 Å². The lowest BCUT2D eigenvalue weighted by Gasteiger charge is -2.29. The number of ether oxygens (including phenoxy) is 2. The van der Waals surface area contributed by atoms with Crippen molar-refractivity contribution in [2.24, 2.45) is 0 Å². The summed E-state index contributed by atoms with van der Waals surface area (Å²) in [5, 5.41) is 3.60. The van der Waals surface area contributed by atoms with E-state index in [1.165, 1.54) is 11.3 Å². The molecule has 0 aliphatic carbocycles. The second-order valence-corrected chi connectivity index (χ2v) is 5.35. The molecule has 1 aliphatic heterocycles. The lowest BCUT2D eigenvalue weighted by molar-refractivity contribution is 0.353. The molecule has 2 rings (SSSR count). The standard InChI is InChI=1S/C13H19NO2S/c1-9-7-17-8-11(14-9)10-4-5-12(15-2)13(6-10)16-3/h4-6,9,11,14H,7-8H2,1-3H3. The van der Waals surface area contributed by atoms with E-state index in [1.807, 2.05) is 17.8 Å². The van der Waals surface area contributed by atoms with Gasteiger partial charge in [0.2, 0.25) is 0 Å². The van der Waals surface area contributed by atoms with Crippen molar-refractivity contribution in [2.45, 2.75) is 19.0 Å². The average Bonchev–Trinajstić information content (AvgIpc) is 2.38. The third-order valence-corrected chi connectivity index (χ3v) is 4.25. The number of thioether (sulfide) groups is 1. The molecule has 0 amide bonds. The maximum Gasteiger partial charge on any atom is 0.161 e. The maximum absolute atomic E-state index is 5.33. The van der Waals surface area contributed by atoms with Crippen LogP contribution in [0.4, 0.5) is 0 Å². The van der Waals surface area contributed by atoms with Crippen LogP contribution in [-0.2, 0) is 0 Å².